The van der Waals surface area contributed by atoms with E-state index in [1.165, 1.54) is 0 Å². The fraction of sp³-hybridized carbons (Fsp3) is 0.333. The van der Waals surface area contributed by atoms with Gasteiger partial charge >= 0.3 is 12.2 Å². The number of anilines is 1. The molecule has 0 saturated heterocycles. The maximum absolute atomic E-state index is 11.3. The van der Waals surface area contributed by atoms with Gasteiger partial charge in [0.1, 0.15) is 6.61 Å². The zero-order valence-electron chi connectivity index (χ0n) is 10.3. The first-order valence-electron chi connectivity index (χ1n) is 5.46. The molecule has 6 heteroatoms. The summed E-state index contributed by atoms with van der Waals surface area (Å²) in [5.41, 5.74) is 6.22. The van der Waals surface area contributed by atoms with Crippen LogP contribution in [0.4, 0.5) is 15.3 Å². The van der Waals surface area contributed by atoms with E-state index in [4.69, 9.17) is 10.5 Å². The molecule has 0 aliphatic carbocycles. The summed E-state index contributed by atoms with van der Waals surface area (Å²) >= 11 is 0. The molecule has 0 spiro atoms. The minimum Gasteiger partial charge on any atom is -0.447 e. The number of primary amides is 1. The van der Waals surface area contributed by atoms with Gasteiger partial charge in [-0.1, -0.05) is 12.1 Å². The normalized spacial score (nSPS) is 9.94. The first kappa shape index (κ1) is 13.8. The lowest BCUT2D eigenvalue weighted by Crippen LogP contribution is -2.18. The minimum absolute atomic E-state index is 0.103. The molecule has 0 radical (unpaired) electrons. The van der Waals surface area contributed by atoms with Gasteiger partial charge in [-0.2, -0.15) is 0 Å². The molecule has 3 N–H and O–H groups in total. The van der Waals surface area contributed by atoms with Crippen molar-refractivity contribution in [2.45, 2.75) is 26.6 Å². The molecule has 0 aliphatic heterocycles. The molecule has 0 heterocycles. The Kier molecular flexibility index (Phi) is 4.98. The van der Waals surface area contributed by atoms with Gasteiger partial charge in [-0.05, 0) is 31.5 Å². The number of nitrogens with one attached hydrogen (secondary N) is 1. The second-order valence-electron chi connectivity index (χ2n) is 3.88. The van der Waals surface area contributed by atoms with Crippen LogP contribution >= 0.6 is 0 Å². The third kappa shape index (κ3) is 5.20. The Labute approximate surface area is 105 Å². The van der Waals surface area contributed by atoms with Gasteiger partial charge in [-0.15, -0.1) is 0 Å². The molecular formula is C12H16N2O4. The second-order valence-corrected chi connectivity index (χ2v) is 3.88. The van der Waals surface area contributed by atoms with E-state index in [0.29, 0.717) is 5.69 Å². The summed E-state index contributed by atoms with van der Waals surface area (Å²) < 4.78 is 9.56. The average Bonchev–Trinajstić information content (AvgIpc) is 2.26. The Morgan fingerprint density at radius 2 is 1.89 bits per heavy atom. The number of rotatable bonds is 4. The van der Waals surface area contributed by atoms with Crippen LogP contribution in [0.5, 0.6) is 0 Å². The molecule has 0 unspecified atom stereocenters. The molecule has 1 aromatic carbocycles. The lowest BCUT2D eigenvalue weighted by atomic mass is 10.2. The van der Waals surface area contributed by atoms with E-state index in [9.17, 15) is 9.59 Å². The average molecular weight is 252 g/mol. The van der Waals surface area contributed by atoms with E-state index in [2.05, 4.69) is 10.1 Å². The first-order chi connectivity index (χ1) is 8.47. The Balaban J connectivity index is 2.49. The number of carbonyl (C=O) groups is 2. The Morgan fingerprint density at radius 3 is 2.39 bits per heavy atom. The van der Waals surface area contributed by atoms with Crippen LogP contribution in [0.1, 0.15) is 19.4 Å². The molecule has 0 aliphatic rings. The predicted molar refractivity (Wildman–Crippen MR) is 66.1 cm³/mol. The number of nitrogens with two attached hydrogens (primary N) is 1. The van der Waals surface area contributed by atoms with Crippen molar-refractivity contribution < 1.29 is 19.1 Å². The van der Waals surface area contributed by atoms with E-state index in [0.717, 1.165) is 5.56 Å². The number of ether oxygens (including phenoxy) is 2. The summed E-state index contributed by atoms with van der Waals surface area (Å²) in [6.45, 7) is 3.64. The summed E-state index contributed by atoms with van der Waals surface area (Å²) in [5.74, 6) is 0. The topological polar surface area (TPSA) is 90.7 Å². The van der Waals surface area contributed by atoms with E-state index >= 15 is 0 Å². The molecule has 0 saturated carbocycles. The van der Waals surface area contributed by atoms with Crippen molar-refractivity contribution in [1.29, 1.82) is 0 Å². The van der Waals surface area contributed by atoms with Crippen molar-refractivity contribution in [1.82, 2.24) is 0 Å². The maximum Gasteiger partial charge on any atom is 0.411 e. The van der Waals surface area contributed by atoms with Crippen LogP contribution in [0.25, 0.3) is 0 Å². The van der Waals surface area contributed by atoms with Crippen LogP contribution in [0.2, 0.25) is 0 Å². The number of hydrogen-bond acceptors (Lipinski definition) is 4. The van der Waals surface area contributed by atoms with Gasteiger partial charge in [0.05, 0.1) is 6.10 Å². The van der Waals surface area contributed by atoms with Gasteiger partial charge in [0.2, 0.25) is 0 Å². The van der Waals surface area contributed by atoms with Crippen molar-refractivity contribution in [3.8, 4) is 0 Å². The van der Waals surface area contributed by atoms with Gasteiger partial charge < -0.3 is 15.2 Å². The van der Waals surface area contributed by atoms with Crippen molar-refractivity contribution in [2.24, 2.45) is 5.73 Å². The lowest BCUT2D eigenvalue weighted by molar-refractivity contribution is 0.130. The highest BCUT2D eigenvalue weighted by Gasteiger charge is 2.05. The molecule has 1 rings (SSSR count). The zero-order valence-corrected chi connectivity index (χ0v) is 10.3. The second kappa shape index (κ2) is 6.48. The van der Waals surface area contributed by atoms with Crippen molar-refractivity contribution in [2.75, 3.05) is 5.32 Å². The first-order valence-corrected chi connectivity index (χ1v) is 5.46. The van der Waals surface area contributed by atoms with E-state index in [1.54, 1.807) is 38.1 Å². The van der Waals surface area contributed by atoms with Gasteiger partial charge in [0, 0.05) is 5.69 Å². The van der Waals surface area contributed by atoms with E-state index in [-0.39, 0.29) is 12.7 Å². The summed E-state index contributed by atoms with van der Waals surface area (Å²) in [5, 5.41) is 2.57. The van der Waals surface area contributed by atoms with Crippen LogP contribution in [-0.4, -0.2) is 18.3 Å². The molecule has 0 bridgehead atoms. The van der Waals surface area contributed by atoms with Crippen LogP contribution in [0.15, 0.2) is 24.3 Å². The summed E-state index contributed by atoms with van der Waals surface area (Å²) in [6, 6.07) is 6.80. The Bertz CT molecular complexity index is 415. The van der Waals surface area contributed by atoms with Crippen LogP contribution in [-0.2, 0) is 16.1 Å². The van der Waals surface area contributed by atoms with E-state index < -0.39 is 12.2 Å². The SMILES string of the molecule is CC(C)OC(=O)Nc1ccc(COC(N)=O)cc1. The number of carbonyl (C=O) groups excluding carboxylic acids is 2. The fourth-order valence-electron chi connectivity index (χ4n) is 1.20. The van der Waals surface area contributed by atoms with Crippen molar-refractivity contribution in [3.63, 3.8) is 0 Å². The molecule has 0 atom stereocenters. The fourth-order valence-corrected chi connectivity index (χ4v) is 1.20. The standard InChI is InChI=1S/C12H16N2O4/c1-8(2)18-12(16)14-10-5-3-9(4-6-10)7-17-11(13)15/h3-6,8H,7H2,1-2H3,(H2,13,15)(H,14,16). The van der Waals surface area contributed by atoms with Crippen molar-refractivity contribution >= 4 is 17.9 Å². The monoisotopic (exact) mass is 252 g/mol. The number of hydrogen-bond donors (Lipinski definition) is 2. The predicted octanol–water partition coefficient (Wildman–Crippen LogP) is 2.24. The summed E-state index contributed by atoms with van der Waals surface area (Å²) in [4.78, 5) is 21.7. The van der Waals surface area contributed by atoms with Gasteiger partial charge in [-0.25, -0.2) is 9.59 Å². The van der Waals surface area contributed by atoms with Gasteiger partial charge in [0.15, 0.2) is 0 Å². The summed E-state index contributed by atoms with van der Waals surface area (Å²) in [7, 11) is 0. The van der Waals surface area contributed by atoms with E-state index in [1.807, 2.05) is 0 Å². The number of benzene rings is 1. The third-order valence-electron chi connectivity index (χ3n) is 1.92. The number of amides is 2. The van der Waals surface area contributed by atoms with Crippen LogP contribution in [0, 0.1) is 0 Å². The summed E-state index contributed by atoms with van der Waals surface area (Å²) in [6.07, 6.45) is -1.50. The molecular weight excluding hydrogens is 236 g/mol. The van der Waals surface area contributed by atoms with Crippen LogP contribution < -0.4 is 11.1 Å². The smallest absolute Gasteiger partial charge is 0.411 e. The Morgan fingerprint density at radius 1 is 1.28 bits per heavy atom. The maximum atomic E-state index is 11.3. The minimum atomic E-state index is -0.822. The highest BCUT2D eigenvalue weighted by atomic mass is 16.6. The van der Waals surface area contributed by atoms with Gasteiger partial charge in [0.25, 0.3) is 0 Å². The van der Waals surface area contributed by atoms with Gasteiger partial charge in [-0.3, -0.25) is 5.32 Å². The molecule has 2 amide bonds. The largest absolute Gasteiger partial charge is 0.447 e. The third-order valence-corrected chi connectivity index (χ3v) is 1.92. The molecule has 1 aromatic rings. The Hall–Kier alpha value is -2.24. The molecule has 18 heavy (non-hydrogen) atoms. The molecule has 0 aromatic heterocycles. The molecule has 0 fully saturated rings. The molecule has 98 valence electrons. The zero-order chi connectivity index (χ0) is 13.5. The highest BCUT2D eigenvalue weighted by Crippen LogP contribution is 2.11. The van der Waals surface area contributed by atoms with Crippen LogP contribution in [0.3, 0.4) is 0 Å². The highest BCUT2D eigenvalue weighted by molar-refractivity contribution is 5.84. The lowest BCUT2D eigenvalue weighted by Gasteiger charge is -2.09. The molecule has 6 nitrogen and oxygen atoms in total. The quantitative estimate of drug-likeness (QED) is 0.859. The van der Waals surface area contributed by atoms with Crippen molar-refractivity contribution in [3.05, 3.63) is 29.8 Å².